The first kappa shape index (κ1) is 16.4. The van der Waals surface area contributed by atoms with Crippen molar-refractivity contribution in [3.63, 3.8) is 0 Å². The van der Waals surface area contributed by atoms with E-state index in [0.29, 0.717) is 0 Å². The molecule has 0 aromatic carbocycles. The van der Waals surface area contributed by atoms with E-state index in [-0.39, 0.29) is 31.6 Å². The van der Waals surface area contributed by atoms with E-state index >= 15 is 0 Å². The van der Waals surface area contributed by atoms with E-state index in [0.717, 1.165) is 0 Å². The molecule has 0 saturated carbocycles. The van der Waals surface area contributed by atoms with Crippen LogP contribution in [0.2, 0.25) is 0 Å². The fourth-order valence-corrected chi connectivity index (χ4v) is 1.89. The molecule has 1 fully saturated rings. The Morgan fingerprint density at radius 2 is 1.90 bits per heavy atom. The summed E-state index contributed by atoms with van der Waals surface area (Å²) in [5, 5.41) is 11.6. The predicted molar refractivity (Wildman–Crippen MR) is 71.0 cm³/mol. The van der Waals surface area contributed by atoms with E-state index < -0.39 is 23.3 Å². The summed E-state index contributed by atoms with van der Waals surface area (Å²) in [5.41, 5.74) is -0.571. The molecule has 0 aliphatic carbocycles. The van der Waals surface area contributed by atoms with Crippen LogP contribution in [-0.2, 0) is 19.1 Å². The molecular formula is C13H22N2O5. The molecule has 2 amide bonds. The van der Waals surface area contributed by atoms with Crippen molar-refractivity contribution in [2.45, 2.75) is 26.8 Å². The van der Waals surface area contributed by atoms with Crippen LogP contribution in [0.3, 0.4) is 0 Å². The molecule has 7 heteroatoms. The molecule has 1 heterocycles. The zero-order chi connectivity index (χ0) is 15.5. The van der Waals surface area contributed by atoms with Gasteiger partial charge in [-0.3, -0.25) is 14.4 Å². The van der Waals surface area contributed by atoms with Crippen molar-refractivity contribution in [1.82, 2.24) is 10.2 Å². The van der Waals surface area contributed by atoms with Crippen LogP contribution in [0, 0.1) is 11.3 Å². The van der Waals surface area contributed by atoms with Gasteiger partial charge in [0.2, 0.25) is 11.8 Å². The first-order valence-corrected chi connectivity index (χ1v) is 6.49. The Morgan fingerprint density at radius 1 is 1.30 bits per heavy atom. The number of amides is 2. The molecule has 2 atom stereocenters. The van der Waals surface area contributed by atoms with Crippen LogP contribution in [0.25, 0.3) is 0 Å². The second-order valence-corrected chi connectivity index (χ2v) is 5.99. The summed E-state index contributed by atoms with van der Waals surface area (Å²) in [6.07, 6.45) is 0. The van der Waals surface area contributed by atoms with Gasteiger partial charge in [-0.1, -0.05) is 20.8 Å². The average Bonchev–Trinajstić information content (AvgIpc) is 2.82. The third kappa shape index (κ3) is 3.93. The van der Waals surface area contributed by atoms with Gasteiger partial charge < -0.3 is 20.1 Å². The van der Waals surface area contributed by atoms with Crippen LogP contribution in [0.4, 0.5) is 0 Å². The number of carboxylic acid groups (broad SMARTS) is 1. The Kier molecular flexibility index (Phi) is 5.10. The molecule has 0 bridgehead atoms. The fraction of sp³-hybridized carbons (Fsp3) is 0.769. The predicted octanol–water partition coefficient (Wildman–Crippen LogP) is -0.293. The first-order chi connectivity index (χ1) is 9.14. The van der Waals surface area contributed by atoms with E-state index in [9.17, 15) is 14.4 Å². The van der Waals surface area contributed by atoms with Crippen LogP contribution in [0.15, 0.2) is 0 Å². The van der Waals surface area contributed by atoms with E-state index in [1.54, 1.807) is 20.8 Å². The van der Waals surface area contributed by atoms with Gasteiger partial charge in [0.15, 0.2) is 0 Å². The highest BCUT2D eigenvalue weighted by Crippen LogP contribution is 2.19. The zero-order valence-corrected chi connectivity index (χ0v) is 12.3. The van der Waals surface area contributed by atoms with Crippen LogP contribution < -0.4 is 5.32 Å². The Bertz CT molecular complexity index is 402. The quantitative estimate of drug-likeness (QED) is 0.740. The number of ether oxygens (including phenoxy) is 1. The number of aliphatic carboxylic acids is 1. The molecule has 1 aliphatic rings. The van der Waals surface area contributed by atoms with Crippen LogP contribution >= 0.6 is 0 Å². The van der Waals surface area contributed by atoms with Crippen LogP contribution in [0.5, 0.6) is 0 Å². The molecule has 0 aromatic heterocycles. The summed E-state index contributed by atoms with van der Waals surface area (Å²) in [5.74, 6) is -2.26. The van der Waals surface area contributed by atoms with Gasteiger partial charge in [0.25, 0.3) is 0 Å². The van der Waals surface area contributed by atoms with Gasteiger partial charge in [-0.05, 0) is 0 Å². The molecule has 114 valence electrons. The largest absolute Gasteiger partial charge is 0.481 e. The highest BCUT2D eigenvalue weighted by molar-refractivity contribution is 5.87. The zero-order valence-electron chi connectivity index (χ0n) is 12.3. The van der Waals surface area contributed by atoms with E-state index in [1.165, 1.54) is 11.9 Å². The second-order valence-electron chi connectivity index (χ2n) is 5.99. The lowest BCUT2D eigenvalue weighted by Crippen LogP contribution is -2.48. The third-order valence-electron chi connectivity index (χ3n) is 3.34. The second kappa shape index (κ2) is 6.21. The lowest BCUT2D eigenvalue weighted by atomic mass is 9.96. The number of carbonyl (C=O) groups is 3. The van der Waals surface area contributed by atoms with Gasteiger partial charge in [-0.25, -0.2) is 0 Å². The lowest BCUT2D eigenvalue weighted by molar-refractivity contribution is -0.145. The molecule has 1 saturated heterocycles. The Hall–Kier alpha value is -1.63. The summed E-state index contributed by atoms with van der Waals surface area (Å²) >= 11 is 0. The molecule has 0 radical (unpaired) electrons. The summed E-state index contributed by atoms with van der Waals surface area (Å²) in [4.78, 5) is 36.1. The standard InChI is InChI=1S/C13H22N2O5/c1-13(2,3)12(19)14-5-10(16)15(4)9-7-20-6-8(9)11(17)18/h8-9H,5-7H2,1-4H3,(H,14,19)(H,17,18). The summed E-state index contributed by atoms with van der Waals surface area (Å²) in [7, 11) is 1.53. The monoisotopic (exact) mass is 286 g/mol. The number of hydrogen-bond donors (Lipinski definition) is 2. The SMILES string of the molecule is CN(C(=O)CNC(=O)C(C)(C)C)C1COCC1C(=O)O. The van der Waals surface area contributed by atoms with Gasteiger partial charge in [-0.15, -0.1) is 0 Å². The topological polar surface area (TPSA) is 95.9 Å². The molecule has 2 N–H and O–H groups in total. The Labute approximate surface area is 118 Å². The first-order valence-electron chi connectivity index (χ1n) is 6.49. The molecule has 0 aromatic rings. The number of carbonyl (C=O) groups excluding carboxylic acids is 2. The smallest absolute Gasteiger partial charge is 0.311 e. The maximum Gasteiger partial charge on any atom is 0.311 e. The molecule has 0 spiro atoms. The van der Waals surface area contributed by atoms with E-state index in [1.807, 2.05) is 0 Å². The third-order valence-corrected chi connectivity index (χ3v) is 3.34. The van der Waals surface area contributed by atoms with Crippen molar-refractivity contribution in [2.75, 3.05) is 26.8 Å². The fourth-order valence-electron chi connectivity index (χ4n) is 1.89. The van der Waals surface area contributed by atoms with E-state index in [4.69, 9.17) is 9.84 Å². The van der Waals surface area contributed by atoms with Gasteiger partial charge in [0, 0.05) is 12.5 Å². The summed E-state index contributed by atoms with van der Waals surface area (Å²) in [6, 6.07) is -0.494. The summed E-state index contributed by atoms with van der Waals surface area (Å²) < 4.78 is 5.12. The Morgan fingerprint density at radius 3 is 2.40 bits per heavy atom. The highest BCUT2D eigenvalue weighted by atomic mass is 16.5. The highest BCUT2D eigenvalue weighted by Gasteiger charge is 2.38. The van der Waals surface area contributed by atoms with Gasteiger partial charge in [0.1, 0.15) is 5.92 Å². The van der Waals surface area contributed by atoms with Crippen LogP contribution in [0.1, 0.15) is 20.8 Å². The maximum absolute atomic E-state index is 12.0. The number of carboxylic acids is 1. The molecule has 1 aliphatic heterocycles. The summed E-state index contributed by atoms with van der Waals surface area (Å²) in [6.45, 7) is 5.42. The normalized spacial score (nSPS) is 22.4. The molecular weight excluding hydrogens is 264 g/mol. The molecule has 7 nitrogen and oxygen atoms in total. The number of rotatable bonds is 4. The van der Waals surface area contributed by atoms with Crippen molar-refractivity contribution < 1.29 is 24.2 Å². The average molecular weight is 286 g/mol. The lowest BCUT2D eigenvalue weighted by Gasteiger charge is -2.27. The minimum absolute atomic E-state index is 0.103. The van der Waals surface area contributed by atoms with E-state index in [2.05, 4.69) is 5.32 Å². The van der Waals surface area contributed by atoms with Crippen LogP contribution in [-0.4, -0.2) is 60.6 Å². The van der Waals surface area contributed by atoms with Crippen molar-refractivity contribution >= 4 is 17.8 Å². The van der Waals surface area contributed by atoms with Crippen molar-refractivity contribution in [3.05, 3.63) is 0 Å². The van der Waals surface area contributed by atoms with Crippen molar-refractivity contribution in [2.24, 2.45) is 11.3 Å². The number of likely N-dealkylation sites (N-methyl/N-ethyl adjacent to an activating group) is 1. The number of nitrogens with one attached hydrogen (secondary N) is 1. The molecule has 1 rings (SSSR count). The minimum Gasteiger partial charge on any atom is -0.481 e. The van der Waals surface area contributed by atoms with Gasteiger partial charge >= 0.3 is 5.97 Å². The molecule has 2 unspecified atom stereocenters. The number of hydrogen-bond acceptors (Lipinski definition) is 4. The number of nitrogens with zero attached hydrogens (tertiary/aromatic N) is 1. The molecule has 20 heavy (non-hydrogen) atoms. The van der Waals surface area contributed by atoms with Crippen molar-refractivity contribution in [3.8, 4) is 0 Å². The van der Waals surface area contributed by atoms with Gasteiger partial charge in [0.05, 0.1) is 25.8 Å². The minimum atomic E-state index is -0.981. The van der Waals surface area contributed by atoms with Gasteiger partial charge in [-0.2, -0.15) is 0 Å². The maximum atomic E-state index is 12.0. The Balaban J connectivity index is 2.55. The van der Waals surface area contributed by atoms with Crippen molar-refractivity contribution in [1.29, 1.82) is 0 Å².